The standard InChI is InChI=1S/C20H24N2O5S/c1-12(2)10-15(19(24)26-4)22-16(23)11-27-20(25)17-13(3)21-18(28-17)14-8-6-5-7-9-14/h5-9,12,15H,10-11H2,1-4H3,(H,22,23)/t15-/m0/s1. The van der Waals surface area contributed by atoms with Crippen LogP contribution in [-0.4, -0.2) is 42.6 Å². The van der Waals surface area contributed by atoms with E-state index in [0.717, 1.165) is 5.56 Å². The fraction of sp³-hybridized carbons (Fsp3) is 0.400. The number of hydrogen-bond donors (Lipinski definition) is 1. The first kappa shape index (κ1) is 21.6. The van der Waals surface area contributed by atoms with Crippen molar-refractivity contribution in [1.82, 2.24) is 10.3 Å². The summed E-state index contributed by atoms with van der Waals surface area (Å²) in [5.41, 5.74) is 1.45. The number of methoxy groups -OCH3 is 1. The first-order valence-corrected chi connectivity index (χ1v) is 9.70. The number of nitrogens with zero attached hydrogens (tertiary/aromatic N) is 1. The molecule has 7 nitrogen and oxygen atoms in total. The SMILES string of the molecule is COC(=O)[C@H](CC(C)C)NC(=O)COC(=O)c1sc(-c2ccccc2)nc1C. The smallest absolute Gasteiger partial charge is 0.350 e. The van der Waals surface area contributed by atoms with Gasteiger partial charge in [0.25, 0.3) is 5.91 Å². The molecule has 0 unspecified atom stereocenters. The van der Waals surface area contributed by atoms with Crippen molar-refractivity contribution < 1.29 is 23.9 Å². The van der Waals surface area contributed by atoms with Crippen molar-refractivity contribution in [1.29, 1.82) is 0 Å². The van der Waals surface area contributed by atoms with E-state index < -0.39 is 30.5 Å². The lowest BCUT2D eigenvalue weighted by atomic mass is 10.0. The predicted molar refractivity (Wildman–Crippen MR) is 106 cm³/mol. The van der Waals surface area contributed by atoms with E-state index in [9.17, 15) is 14.4 Å². The Hall–Kier alpha value is -2.74. The summed E-state index contributed by atoms with van der Waals surface area (Å²) < 4.78 is 9.81. The zero-order valence-corrected chi connectivity index (χ0v) is 17.2. The van der Waals surface area contributed by atoms with Crippen LogP contribution in [0.2, 0.25) is 0 Å². The molecule has 1 N–H and O–H groups in total. The van der Waals surface area contributed by atoms with Crippen molar-refractivity contribution in [3.8, 4) is 10.6 Å². The second-order valence-electron chi connectivity index (χ2n) is 6.65. The number of ether oxygens (including phenoxy) is 2. The monoisotopic (exact) mass is 404 g/mol. The molecule has 0 aliphatic heterocycles. The molecule has 0 fully saturated rings. The van der Waals surface area contributed by atoms with E-state index in [-0.39, 0.29) is 5.92 Å². The normalized spacial score (nSPS) is 11.8. The number of thiazole rings is 1. The zero-order valence-electron chi connectivity index (χ0n) is 16.4. The van der Waals surface area contributed by atoms with Crippen molar-refractivity contribution in [2.45, 2.75) is 33.2 Å². The largest absolute Gasteiger partial charge is 0.467 e. The van der Waals surface area contributed by atoms with E-state index in [1.807, 2.05) is 44.2 Å². The van der Waals surface area contributed by atoms with Gasteiger partial charge >= 0.3 is 11.9 Å². The Kier molecular flexibility index (Phi) is 7.69. The molecular weight excluding hydrogens is 380 g/mol. The van der Waals surface area contributed by atoms with Gasteiger partial charge in [-0.05, 0) is 19.3 Å². The van der Waals surface area contributed by atoms with Crippen molar-refractivity contribution in [3.05, 3.63) is 40.9 Å². The summed E-state index contributed by atoms with van der Waals surface area (Å²) in [6, 6.07) is 8.72. The number of rotatable bonds is 8. The van der Waals surface area contributed by atoms with Gasteiger partial charge in [0.2, 0.25) is 0 Å². The molecule has 0 aliphatic carbocycles. The van der Waals surface area contributed by atoms with Gasteiger partial charge in [-0.15, -0.1) is 11.3 Å². The van der Waals surface area contributed by atoms with Crippen LogP contribution in [0.4, 0.5) is 0 Å². The summed E-state index contributed by atoms with van der Waals surface area (Å²) in [6.45, 7) is 5.09. The van der Waals surface area contributed by atoms with Crippen LogP contribution < -0.4 is 5.32 Å². The van der Waals surface area contributed by atoms with Gasteiger partial charge in [-0.2, -0.15) is 0 Å². The molecular formula is C20H24N2O5S. The van der Waals surface area contributed by atoms with E-state index in [0.29, 0.717) is 22.0 Å². The first-order valence-electron chi connectivity index (χ1n) is 8.89. The van der Waals surface area contributed by atoms with Crippen molar-refractivity contribution in [2.24, 2.45) is 5.92 Å². The quantitative estimate of drug-likeness (QED) is 0.680. The van der Waals surface area contributed by atoms with Crippen LogP contribution in [0.15, 0.2) is 30.3 Å². The van der Waals surface area contributed by atoms with Crippen molar-refractivity contribution in [2.75, 3.05) is 13.7 Å². The maximum Gasteiger partial charge on any atom is 0.350 e. The van der Waals surface area contributed by atoms with Gasteiger partial charge in [-0.3, -0.25) is 4.79 Å². The third-order valence-corrected chi connectivity index (χ3v) is 5.05. The highest BCUT2D eigenvalue weighted by atomic mass is 32.1. The molecule has 0 saturated heterocycles. The van der Waals surface area contributed by atoms with Crippen LogP contribution in [-0.2, 0) is 19.1 Å². The van der Waals surface area contributed by atoms with Crippen LogP contribution in [0.5, 0.6) is 0 Å². The number of hydrogen-bond acceptors (Lipinski definition) is 7. The molecule has 1 aromatic heterocycles. The predicted octanol–water partition coefficient (Wildman–Crippen LogP) is 2.98. The molecule has 28 heavy (non-hydrogen) atoms. The van der Waals surface area contributed by atoms with E-state index in [4.69, 9.17) is 9.47 Å². The lowest BCUT2D eigenvalue weighted by molar-refractivity contribution is -0.145. The lowest BCUT2D eigenvalue weighted by Gasteiger charge is -2.18. The molecule has 1 heterocycles. The van der Waals surface area contributed by atoms with Crippen LogP contribution in [0, 0.1) is 12.8 Å². The Bertz CT molecular complexity index is 832. The molecule has 1 aromatic carbocycles. The van der Waals surface area contributed by atoms with Gasteiger partial charge in [-0.1, -0.05) is 44.2 Å². The Morgan fingerprint density at radius 1 is 1.18 bits per heavy atom. The fourth-order valence-electron chi connectivity index (χ4n) is 2.55. The molecule has 0 bridgehead atoms. The average molecular weight is 404 g/mol. The highest BCUT2D eigenvalue weighted by molar-refractivity contribution is 7.17. The molecule has 2 rings (SSSR count). The minimum absolute atomic E-state index is 0.184. The average Bonchev–Trinajstić information content (AvgIpc) is 3.07. The second-order valence-corrected chi connectivity index (χ2v) is 7.65. The third-order valence-electron chi connectivity index (χ3n) is 3.87. The van der Waals surface area contributed by atoms with Gasteiger partial charge in [0.15, 0.2) is 6.61 Å². The third kappa shape index (κ3) is 5.88. The van der Waals surface area contributed by atoms with Gasteiger partial charge in [0, 0.05) is 5.56 Å². The van der Waals surface area contributed by atoms with Crippen LogP contribution in [0.25, 0.3) is 10.6 Å². The molecule has 0 aliphatic rings. The Balaban J connectivity index is 1.97. The number of aryl methyl sites for hydroxylation is 1. The number of aromatic nitrogens is 1. The number of carbonyl (C=O) groups excluding carboxylic acids is 3. The van der Waals surface area contributed by atoms with E-state index in [1.54, 1.807) is 6.92 Å². The Morgan fingerprint density at radius 3 is 2.46 bits per heavy atom. The van der Waals surface area contributed by atoms with Gasteiger partial charge in [0.1, 0.15) is 15.9 Å². The minimum atomic E-state index is -0.772. The van der Waals surface area contributed by atoms with Gasteiger partial charge in [0.05, 0.1) is 12.8 Å². The number of carbonyl (C=O) groups is 3. The molecule has 150 valence electrons. The van der Waals surface area contributed by atoms with Gasteiger partial charge in [-0.25, -0.2) is 14.6 Å². The van der Waals surface area contributed by atoms with Crippen LogP contribution >= 0.6 is 11.3 Å². The maximum atomic E-state index is 12.3. The molecule has 2 aromatic rings. The van der Waals surface area contributed by atoms with E-state index in [1.165, 1.54) is 18.4 Å². The van der Waals surface area contributed by atoms with Crippen LogP contribution in [0.1, 0.15) is 35.6 Å². The Labute approximate surface area is 168 Å². The lowest BCUT2D eigenvalue weighted by Crippen LogP contribution is -2.44. The minimum Gasteiger partial charge on any atom is -0.467 e. The molecule has 1 atom stereocenters. The molecule has 0 radical (unpaired) electrons. The maximum absolute atomic E-state index is 12.3. The molecule has 1 amide bonds. The number of esters is 2. The number of nitrogens with one attached hydrogen (secondary N) is 1. The second kappa shape index (κ2) is 9.98. The van der Waals surface area contributed by atoms with E-state index >= 15 is 0 Å². The molecule has 0 saturated carbocycles. The topological polar surface area (TPSA) is 94.6 Å². The summed E-state index contributed by atoms with van der Waals surface area (Å²) in [5, 5.41) is 3.25. The van der Waals surface area contributed by atoms with Crippen molar-refractivity contribution >= 4 is 29.2 Å². The van der Waals surface area contributed by atoms with Gasteiger partial charge < -0.3 is 14.8 Å². The fourth-order valence-corrected chi connectivity index (χ4v) is 3.52. The highest BCUT2D eigenvalue weighted by Gasteiger charge is 2.24. The first-order chi connectivity index (χ1) is 13.3. The zero-order chi connectivity index (χ0) is 20.7. The Morgan fingerprint density at radius 2 is 1.86 bits per heavy atom. The van der Waals surface area contributed by atoms with E-state index in [2.05, 4.69) is 10.3 Å². The van der Waals surface area contributed by atoms with Crippen LogP contribution in [0.3, 0.4) is 0 Å². The number of benzene rings is 1. The summed E-state index contributed by atoms with van der Waals surface area (Å²) >= 11 is 1.21. The summed E-state index contributed by atoms with van der Waals surface area (Å²) in [6.07, 6.45) is 0.431. The number of amides is 1. The summed E-state index contributed by atoms with van der Waals surface area (Å²) in [5.74, 6) is -1.52. The summed E-state index contributed by atoms with van der Waals surface area (Å²) in [4.78, 5) is 41.0. The summed E-state index contributed by atoms with van der Waals surface area (Å²) in [7, 11) is 1.26. The highest BCUT2D eigenvalue weighted by Crippen LogP contribution is 2.28. The molecule has 8 heteroatoms. The molecule has 0 spiro atoms. The van der Waals surface area contributed by atoms with Crippen molar-refractivity contribution in [3.63, 3.8) is 0 Å².